The van der Waals surface area contributed by atoms with Crippen molar-refractivity contribution in [2.24, 2.45) is 5.92 Å². The van der Waals surface area contributed by atoms with E-state index in [4.69, 9.17) is 14.6 Å². The van der Waals surface area contributed by atoms with Gasteiger partial charge in [0.25, 0.3) is 0 Å². The molecule has 2 aliphatic rings. The van der Waals surface area contributed by atoms with Gasteiger partial charge in [0, 0.05) is 0 Å². The summed E-state index contributed by atoms with van der Waals surface area (Å²) in [6.07, 6.45) is -4.20. The van der Waals surface area contributed by atoms with Crippen molar-refractivity contribution in [1.29, 1.82) is 0 Å². The second-order valence-corrected chi connectivity index (χ2v) is 4.03. The summed E-state index contributed by atoms with van der Waals surface area (Å²) >= 11 is 0. The minimum Gasteiger partial charge on any atom is -0.396 e. The molecule has 2 rings (SSSR count). The Bertz CT molecular complexity index is 243. The maximum atomic E-state index is 9.81. The van der Waals surface area contributed by atoms with Gasteiger partial charge in [0.15, 0.2) is 12.1 Å². The summed E-state index contributed by atoms with van der Waals surface area (Å²) in [5, 5.41) is 37.9. The first kappa shape index (κ1) is 11.3. The van der Waals surface area contributed by atoms with E-state index in [0.717, 1.165) is 0 Å². The van der Waals surface area contributed by atoms with Crippen molar-refractivity contribution in [3.05, 3.63) is 0 Å². The van der Waals surface area contributed by atoms with Gasteiger partial charge in [0.2, 0.25) is 0 Å². The molecule has 2 bridgehead atoms. The SMILES string of the molecule is CC[C@@]12OC(O)C(O)C(O1)C(O)C2CO. The third-order valence-electron chi connectivity index (χ3n) is 3.29. The Morgan fingerprint density at radius 1 is 1.13 bits per heavy atom. The van der Waals surface area contributed by atoms with E-state index >= 15 is 0 Å². The Kier molecular flexibility index (Phi) is 2.74. The van der Waals surface area contributed by atoms with Gasteiger partial charge in [0.05, 0.1) is 18.6 Å². The summed E-state index contributed by atoms with van der Waals surface area (Å²) in [4.78, 5) is 0. The summed E-state index contributed by atoms with van der Waals surface area (Å²) in [6.45, 7) is 1.45. The monoisotopic (exact) mass is 220 g/mol. The van der Waals surface area contributed by atoms with Crippen molar-refractivity contribution in [2.45, 2.75) is 43.7 Å². The molecule has 88 valence electrons. The molecule has 6 nitrogen and oxygen atoms in total. The summed E-state index contributed by atoms with van der Waals surface area (Å²) in [5.74, 6) is -1.82. The molecular weight excluding hydrogens is 204 g/mol. The van der Waals surface area contributed by atoms with Crippen LogP contribution in [-0.4, -0.2) is 57.4 Å². The Morgan fingerprint density at radius 3 is 2.33 bits per heavy atom. The molecule has 5 unspecified atom stereocenters. The van der Waals surface area contributed by atoms with Crippen LogP contribution in [0.5, 0.6) is 0 Å². The first-order chi connectivity index (χ1) is 7.05. The van der Waals surface area contributed by atoms with E-state index in [1.54, 1.807) is 6.92 Å². The number of ether oxygens (including phenoxy) is 2. The fourth-order valence-electron chi connectivity index (χ4n) is 2.38. The van der Waals surface area contributed by atoms with Gasteiger partial charge in [-0.15, -0.1) is 0 Å². The molecule has 2 saturated heterocycles. The highest BCUT2D eigenvalue weighted by atomic mass is 16.8. The normalized spacial score (nSPS) is 54.6. The molecular formula is C9H16O6. The third kappa shape index (κ3) is 1.41. The Balaban J connectivity index is 2.31. The zero-order valence-electron chi connectivity index (χ0n) is 8.41. The molecule has 0 amide bonds. The summed E-state index contributed by atoms with van der Waals surface area (Å²) in [5.41, 5.74) is 0. The highest BCUT2D eigenvalue weighted by molar-refractivity contribution is 5.02. The molecule has 0 aromatic carbocycles. The highest BCUT2D eigenvalue weighted by Gasteiger charge is 2.62. The van der Waals surface area contributed by atoms with E-state index in [0.29, 0.717) is 6.42 Å². The maximum Gasteiger partial charge on any atom is 0.186 e. The van der Waals surface area contributed by atoms with Crippen molar-refractivity contribution in [3.8, 4) is 0 Å². The van der Waals surface area contributed by atoms with Crippen LogP contribution in [0, 0.1) is 5.92 Å². The number of aliphatic hydroxyl groups is 4. The predicted molar refractivity (Wildman–Crippen MR) is 47.6 cm³/mol. The molecule has 6 atom stereocenters. The molecule has 2 fully saturated rings. The van der Waals surface area contributed by atoms with Gasteiger partial charge >= 0.3 is 0 Å². The molecule has 2 heterocycles. The van der Waals surface area contributed by atoms with Gasteiger partial charge in [-0.2, -0.15) is 0 Å². The van der Waals surface area contributed by atoms with Crippen molar-refractivity contribution >= 4 is 0 Å². The van der Waals surface area contributed by atoms with Crippen molar-refractivity contribution in [3.63, 3.8) is 0 Å². The maximum absolute atomic E-state index is 9.81. The smallest absolute Gasteiger partial charge is 0.186 e. The van der Waals surface area contributed by atoms with Gasteiger partial charge in [0.1, 0.15) is 12.2 Å². The lowest BCUT2D eigenvalue weighted by molar-refractivity contribution is -0.373. The average molecular weight is 220 g/mol. The van der Waals surface area contributed by atoms with Gasteiger partial charge in [-0.3, -0.25) is 0 Å². The molecule has 4 N–H and O–H groups in total. The highest BCUT2D eigenvalue weighted by Crippen LogP contribution is 2.45. The summed E-state index contributed by atoms with van der Waals surface area (Å²) in [6, 6.07) is 0. The van der Waals surface area contributed by atoms with Crippen LogP contribution >= 0.6 is 0 Å². The molecule has 6 heteroatoms. The third-order valence-corrected chi connectivity index (χ3v) is 3.29. The fourth-order valence-corrected chi connectivity index (χ4v) is 2.38. The lowest BCUT2D eigenvalue weighted by atomic mass is 9.92. The second kappa shape index (κ2) is 3.65. The van der Waals surface area contributed by atoms with Crippen LogP contribution in [0.25, 0.3) is 0 Å². The largest absolute Gasteiger partial charge is 0.396 e. The Hall–Kier alpha value is -0.240. The van der Waals surface area contributed by atoms with E-state index in [2.05, 4.69) is 0 Å². The fraction of sp³-hybridized carbons (Fsp3) is 1.00. The minimum atomic E-state index is -1.38. The van der Waals surface area contributed by atoms with Crippen LogP contribution in [-0.2, 0) is 9.47 Å². The number of hydrogen-bond acceptors (Lipinski definition) is 6. The quantitative estimate of drug-likeness (QED) is 0.437. The molecule has 0 aromatic rings. The summed E-state index contributed by atoms with van der Waals surface area (Å²) in [7, 11) is 0. The molecule has 0 aromatic heterocycles. The molecule has 0 aliphatic carbocycles. The number of hydrogen-bond donors (Lipinski definition) is 4. The Morgan fingerprint density at radius 2 is 1.80 bits per heavy atom. The number of aliphatic hydroxyl groups excluding tert-OH is 4. The van der Waals surface area contributed by atoms with Crippen LogP contribution in [0.2, 0.25) is 0 Å². The van der Waals surface area contributed by atoms with E-state index in [1.807, 2.05) is 0 Å². The minimum absolute atomic E-state index is 0.315. The van der Waals surface area contributed by atoms with Crippen LogP contribution in [0.1, 0.15) is 13.3 Å². The van der Waals surface area contributed by atoms with Crippen molar-refractivity contribution in [2.75, 3.05) is 6.61 Å². The standard InChI is InChI=1S/C9H16O6/c1-2-9-4(3-10)5(11)7(14-9)6(12)8(13)15-9/h4-8,10-13H,2-3H2,1H3/t4?,5?,6?,7?,8?,9-/m0/s1. The zero-order valence-corrected chi connectivity index (χ0v) is 8.41. The predicted octanol–water partition coefficient (Wildman–Crippen LogP) is -1.83. The van der Waals surface area contributed by atoms with Gasteiger partial charge in [-0.05, 0) is 6.42 Å². The molecule has 0 spiro atoms. The van der Waals surface area contributed by atoms with Crippen molar-refractivity contribution < 1.29 is 29.9 Å². The topological polar surface area (TPSA) is 99.4 Å². The lowest BCUT2D eigenvalue weighted by Crippen LogP contribution is -2.53. The van der Waals surface area contributed by atoms with E-state index in [9.17, 15) is 15.3 Å². The van der Waals surface area contributed by atoms with Crippen LogP contribution in [0.15, 0.2) is 0 Å². The Labute approximate surface area is 87.1 Å². The number of fused-ring (bicyclic) bond motifs is 2. The lowest BCUT2D eigenvalue weighted by Gasteiger charge is -2.39. The van der Waals surface area contributed by atoms with Crippen LogP contribution < -0.4 is 0 Å². The first-order valence-electron chi connectivity index (χ1n) is 5.06. The van der Waals surface area contributed by atoms with E-state index in [-0.39, 0.29) is 6.61 Å². The molecule has 0 radical (unpaired) electrons. The van der Waals surface area contributed by atoms with E-state index < -0.39 is 36.3 Å². The van der Waals surface area contributed by atoms with Gasteiger partial charge in [-0.25, -0.2) is 0 Å². The molecule has 0 saturated carbocycles. The number of rotatable bonds is 2. The van der Waals surface area contributed by atoms with Crippen molar-refractivity contribution in [1.82, 2.24) is 0 Å². The first-order valence-corrected chi connectivity index (χ1v) is 5.06. The molecule has 2 aliphatic heterocycles. The molecule has 15 heavy (non-hydrogen) atoms. The van der Waals surface area contributed by atoms with Gasteiger partial charge < -0.3 is 29.9 Å². The zero-order chi connectivity index (χ0) is 11.2. The van der Waals surface area contributed by atoms with Crippen LogP contribution in [0.3, 0.4) is 0 Å². The van der Waals surface area contributed by atoms with Crippen LogP contribution in [0.4, 0.5) is 0 Å². The van der Waals surface area contributed by atoms with Gasteiger partial charge in [-0.1, -0.05) is 6.92 Å². The van der Waals surface area contributed by atoms with E-state index in [1.165, 1.54) is 0 Å². The average Bonchev–Trinajstić information content (AvgIpc) is 2.47. The second-order valence-electron chi connectivity index (χ2n) is 4.03. The summed E-state index contributed by atoms with van der Waals surface area (Å²) < 4.78 is 10.6.